The van der Waals surface area contributed by atoms with Crippen molar-refractivity contribution in [2.24, 2.45) is 0 Å². The predicted octanol–water partition coefficient (Wildman–Crippen LogP) is 6.42. The summed E-state index contributed by atoms with van der Waals surface area (Å²) < 4.78 is 0. The lowest BCUT2D eigenvalue weighted by Gasteiger charge is -2.40. The van der Waals surface area contributed by atoms with Crippen LogP contribution in [0.2, 0.25) is 0 Å². The Hall–Kier alpha value is -2.20. The number of hydrogen-bond donors (Lipinski definition) is 0. The second-order valence-electron chi connectivity index (χ2n) is 10.4. The van der Waals surface area contributed by atoms with E-state index in [1.54, 1.807) is 0 Å². The predicted molar refractivity (Wildman–Crippen MR) is 152 cm³/mol. The van der Waals surface area contributed by atoms with Gasteiger partial charge in [-0.1, -0.05) is 52.0 Å². The number of allylic oxidation sites excluding steroid dienone is 4. The Morgan fingerprint density at radius 3 is 2.00 bits per heavy atom. The van der Waals surface area contributed by atoms with Crippen molar-refractivity contribution in [2.45, 2.75) is 73.8 Å². The Morgan fingerprint density at radius 2 is 1.40 bits per heavy atom. The lowest BCUT2D eigenvalue weighted by Crippen LogP contribution is -2.45. The van der Waals surface area contributed by atoms with Gasteiger partial charge in [0, 0.05) is 81.6 Å². The monoisotopic (exact) mass is 478 g/mol. The van der Waals surface area contributed by atoms with Gasteiger partial charge in [-0.2, -0.15) is 0 Å². The van der Waals surface area contributed by atoms with E-state index < -0.39 is 0 Å². The van der Waals surface area contributed by atoms with E-state index in [2.05, 4.69) is 92.0 Å². The van der Waals surface area contributed by atoms with Crippen molar-refractivity contribution in [1.29, 1.82) is 0 Å². The van der Waals surface area contributed by atoms with Gasteiger partial charge >= 0.3 is 0 Å². The first kappa shape index (κ1) is 27.4. The summed E-state index contributed by atoms with van der Waals surface area (Å²) in [7, 11) is 0. The molecular formula is C31H50N4. The van der Waals surface area contributed by atoms with E-state index in [0.717, 1.165) is 71.7 Å². The molecule has 0 atom stereocenters. The van der Waals surface area contributed by atoms with Crippen LogP contribution in [0.5, 0.6) is 0 Å². The van der Waals surface area contributed by atoms with Gasteiger partial charge in [0.25, 0.3) is 0 Å². The van der Waals surface area contributed by atoms with Crippen LogP contribution in [0.3, 0.4) is 0 Å². The van der Waals surface area contributed by atoms with Crippen LogP contribution in [0.1, 0.15) is 75.6 Å². The van der Waals surface area contributed by atoms with Gasteiger partial charge in [0.05, 0.1) is 0 Å². The third-order valence-electron chi connectivity index (χ3n) is 7.77. The smallest absolute Gasteiger partial charge is 0.0370 e. The first-order chi connectivity index (χ1) is 16.9. The quantitative estimate of drug-likeness (QED) is 0.385. The zero-order chi connectivity index (χ0) is 25.4. The summed E-state index contributed by atoms with van der Waals surface area (Å²) in [6.45, 7) is 28.0. The molecular weight excluding hydrogens is 428 g/mol. The molecule has 2 fully saturated rings. The van der Waals surface area contributed by atoms with Crippen LogP contribution >= 0.6 is 0 Å². The summed E-state index contributed by atoms with van der Waals surface area (Å²) in [6.07, 6.45) is 9.42. The highest BCUT2D eigenvalue weighted by Crippen LogP contribution is 2.28. The van der Waals surface area contributed by atoms with Crippen LogP contribution in [0.4, 0.5) is 0 Å². The molecule has 3 rings (SSSR count). The zero-order valence-corrected chi connectivity index (χ0v) is 23.5. The number of hydrogen-bond acceptors (Lipinski definition) is 4. The summed E-state index contributed by atoms with van der Waals surface area (Å²) in [4.78, 5) is 10.3. The van der Waals surface area contributed by atoms with Gasteiger partial charge in [0.2, 0.25) is 0 Å². The first-order valence-corrected chi connectivity index (χ1v) is 14.0. The van der Waals surface area contributed by atoms with E-state index in [-0.39, 0.29) is 0 Å². The van der Waals surface area contributed by atoms with Crippen molar-refractivity contribution in [3.63, 3.8) is 0 Å². The summed E-state index contributed by atoms with van der Waals surface area (Å²) in [6, 6.07) is 4.81. The number of benzene rings is 1. The van der Waals surface area contributed by atoms with Crippen LogP contribution in [0.15, 0.2) is 42.3 Å². The van der Waals surface area contributed by atoms with Crippen LogP contribution in [0, 0.1) is 13.8 Å². The Balaban J connectivity index is 1.63. The normalized spacial score (nSPS) is 18.4. The SMILES string of the molecule is C=C(c1cc(CN2CCN(/C(C)=C/CC)CC2)c(C)cc1C)N1CCN(/C(=C/CC)CCC)CC1. The molecule has 2 saturated heterocycles. The maximum absolute atomic E-state index is 4.58. The highest BCUT2D eigenvalue weighted by molar-refractivity contribution is 5.66. The van der Waals surface area contributed by atoms with Gasteiger partial charge < -0.3 is 14.7 Å². The van der Waals surface area contributed by atoms with Crippen molar-refractivity contribution in [2.75, 3.05) is 52.4 Å². The van der Waals surface area contributed by atoms with E-state index in [4.69, 9.17) is 0 Å². The minimum absolute atomic E-state index is 1.03. The molecule has 0 spiro atoms. The largest absolute Gasteiger partial charge is 0.373 e. The molecule has 0 N–H and O–H groups in total. The molecule has 2 aliphatic heterocycles. The lowest BCUT2D eigenvalue weighted by atomic mass is 9.97. The molecule has 1 aromatic rings. The molecule has 4 nitrogen and oxygen atoms in total. The molecule has 0 amide bonds. The number of piperazine rings is 2. The Bertz CT molecular complexity index is 897. The van der Waals surface area contributed by atoms with E-state index in [1.807, 2.05) is 0 Å². The Morgan fingerprint density at radius 1 is 0.800 bits per heavy atom. The number of nitrogens with zero attached hydrogens (tertiary/aromatic N) is 4. The molecule has 0 aliphatic carbocycles. The van der Waals surface area contributed by atoms with Crippen molar-refractivity contribution in [3.8, 4) is 0 Å². The molecule has 2 aliphatic rings. The van der Waals surface area contributed by atoms with E-state index in [0.29, 0.717) is 0 Å². The van der Waals surface area contributed by atoms with Crippen LogP contribution in [-0.4, -0.2) is 72.0 Å². The van der Waals surface area contributed by atoms with Gasteiger partial charge in [0.1, 0.15) is 0 Å². The molecule has 35 heavy (non-hydrogen) atoms. The molecule has 1 aromatic carbocycles. The van der Waals surface area contributed by atoms with Gasteiger partial charge in [-0.05, 0) is 62.8 Å². The molecule has 0 aromatic heterocycles. The summed E-state index contributed by atoms with van der Waals surface area (Å²) in [5, 5.41) is 0. The molecule has 0 radical (unpaired) electrons. The van der Waals surface area contributed by atoms with Gasteiger partial charge in [-0.3, -0.25) is 4.90 Å². The van der Waals surface area contributed by atoms with Crippen LogP contribution < -0.4 is 0 Å². The summed E-state index contributed by atoms with van der Waals surface area (Å²) in [5.74, 6) is 0. The maximum atomic E-state index is 4.58. The molecule has 0 saturated carbocycles. The second-order valence-corrected chi connectivity index (χ2v) is 10.4. The summed E-state index contributed by atoms with van der Waals surface area (Å²) >= 11 is 0. The third-order valence-corrected chi connectivity index (χ3v) is 7.77. The Labute approximate surface area is 216 Å². The minimum Gasteiger partial charge on any atom is -0.373 e. The second kappa shape index (κ2) is 13.2. The topological polar surface area (TPSA) is 13.0 Å². The van der Waals surface area contributed by atoms with E-state index in [9.17, 15) is 0 Å². The fraction of sp³-hybridized carbons (Fsp3) is 0.613. The zero-order valence-electron chi connectivity index (χ0n) is 23.5. The van der Waals surface area contributed by atoms with Gasteiger partial charge in [-0.25, -0.2) is 0 Å². The summed E-state index contributed by atoms with van der Waals surface area (Å²) in [5.41, 5.74) is 9.71. The minimum atomic E-state index is 1.03. The van der Waals surface area contributed by atoms with E-state index >= 15 is 0 Å². The van der Waals surface area contributed by atoms with Crippen molar-refractivity contribution >= 4 is 5.70 Å². The molecule has 2 heterocycles. The third kappa shape index (κ3) is 7.16. The average molecular weight is 479 g/mol. The molecule has 0 bridgehead atoms. The molecule has 194 valence electrons. The average Bonchev–Trinajstić information content (AvgIpc) is 2.86. The van der Waals surface area contributed by atoms with Gasteiger partial charge in [0.15, 0.2) is 0 Å². The fourth-order valence-corrected chi connectivity index (χ4v) is 5.62. The van der Waals surface area contributed by atoms with Crippen LogP contribution in [0.25, 0.3) is 5.70 Å². The Kier molecular flexibility index (Phi) is 10.3. The van der Waals surface area contributed by atoms with Crippen molar-refractivity contribution < 1.29 is 0 Å². The first-order valence-electron chi connectivity index (χ1n) is 14.0. The fourth-order valence-electron chi connectivity index (χ4n) is 5.62. The number of rotatable bonds is 10. The molecule has 4 heteroatoms. The molecule has 0 unspecified atom stereocenters. The van der Waals surface area contributed by atoms with E-state index in [1.165, 1.54) is 52.2 Å². The maximum Gasteiger partial charge on any atom is 0.0370 e. The number of aryl methyl sites for hydroxylation is 2. The van der Waals surface area contributed by atoms with Crippen LogP contribution in [-0.2, 0) is 6.54 Å². The lowest BCUT2D eigenvalue weighted by molar-refractivity contribution is 0.152. The van der Waals surface area contributed by atoms with Gasteiger partial charge in [-0.15, -0.1) is 0 Å². The standard InChI is InChI=1S/C31H50N4/c1-8-11-27(6)33-16-14-32(15-17-33)24-29-23-31(26(5)22-25(29)4)28(7)34-18-20-35(21-19-34)30(12-9-2)13-10-3/h11-12,22-23H,7-10,13-21,24H2,1-6H3/b27-11+,30-12+. The highest BCUT2D eigenvalue weighted by atomic mass is 15.3. The van der Waals surface area contributed by atoms with Crippen molar-refractivity contribution in [1.82, 2.24) is 19.6 Å². The van der Waals surface area contributed by atoms with Crippen molar-refractivity contribution in [3.05, 3.63) is 64.5 Å². The highest BCUT2D eigenvalue weighted by Gasteiger charge is 2.22.